The highest BCUT2D eigenvalue weighted by Crippen LogP contribution is 2.20. The molecular weight excluding hydrogens is 186 g/mol. The molecule has 15 heavy (non-hydrogen) atoms. The van der Waals surface area contributed by atoms with Crippen LogP contribution in [0.2, 0.25) is 0 Å². The Hall–Kier alpha value is -0.990. The Morgan fingerprint density at radius 1 is 1.33 bits per heavy atom. The van der Waals surface area contributed by atoms with Gasteiger partial charge in [0.25, 0.3) is 0 Å². The highest BCUT2D eigenvalue weighted by Gasteiger charge is 2.19. The van der Waals surface area contributed by atoms with E-state index in [1.54, 1.807) is 0 Å². The number of rotatable bonds is 3. The van der Waals surface area contributed by atoms with Crippen LogP contribution in [0.1, 0.15) is 46.2 Å². The van der Waals surface area contributed by atoms with Crippen molar-refractivity contribution >= 4 is 0 Å². The predicted molar refractivity (Wildman–Crippen MR) is 62.9 cm³/mol. The van der Waals surface area contributed by atoms with Crippen molar-refractivity contribution in [3.8, 4) is 0 Å². The van der Waals surface area contributed by atoms with E-state index < -0.39 is 0 Å². The van der Waals surface area contributed by atoms with Crippen molar-refractivity contribution in [3.05, 3.63) is 17.2 Å². The first kappa shape index (κ1) is 12.1. The summed E-state index contributed by atoms with van der Waals surface area (Å²) in [7, 11) is 2.05. The molecule has 3 heteroatoms. The fourth-order valence-corrected chi connectivity index (χ4v) is 1.87. The van der Waals surface area contributed by atoms with E-state index >= 15 is 0 Å². The minimum Gasteiger partial charge on any atom is -0.291 e. The Balaban J connectivity index is 3.10. The second kappa shape index (κ2) is 4.25. The summed E-state index contributed by atoms with van der Waals surface area (Å²) in [6.07, 6.45) is 2.31. The van der Waals surface area contributed by atoms with Crippen molar-refractivity contribution in [1.29, 1.82) is 5.41 Å². The summed E-state index contributed by atoms with van der Waals surface area (Å²) in [6.45, 7) is 9.68. The summed E-state index contributed by atoms with van der Waals surface area (Å²) in [6, 6.07) is 1.98. The lowest BCUT2D eigenvalue weighted by Crippen LogP contribution is -2.23. The molecule has 0 aliphatic carbocycles. The standard InChI is InChI=1S/C12H23N3/c1-6-7-8-15-11(13)9-10(14(15)5)12(2,3)4/h9,13H,6-8H2,1-5H3. The van der Waals surface area contributed by atoms with Gasteiger partial charge in [-0.1, -0.05) is 34.1 Å². The third-order valence-electron chi connectivity index (χ3n) is 2.75. The third-order valence-corrected chi connectivity index (χ3v) is 2.75. The van der Waals surface area contributed by atoms with Gasteiger partial charge in [-0.3, -0.25) is 14.8 Å². The van der Waals surface area contributed by atoms with Crippen LogP contribution >= 0.6 is 0 Å². The molecule has 1 heterocycles. The maximum atomic E-state index is 7.93. The Kier molecular flexibility index (Phi) is 3.42. The number of nitrogens with one attached hydrogen (secondary N) is 1. The van der Waals surface area contributed by atoms with Crippen LogP contribution in [-0.2, 0) is 19.0 Å². The van der Waals surface area contributed by atoms with Crippen LogP contribution in [0.5, 0.6) is 0 Å². The number of aromatic nitrogens is 2. The minimum absolute atomic E-state index is 0.113. The van der Waals surface area contributed by atoms with Crippen molar-refractivity contribution in [2.24, 2.45) is 7.05 Å². The van der Waals surface area contributed by atoms with Crippen LogP contribution in [0, 0.1) is 5.41 Å². The molecule has 0 aliphatic heterocycles. The minimum atomic E-state index is 0.113. The van der Waals surface area contributed by atoms with Crippen LogP contribution in [0.15, 0.2) is 6.07 Å². The van der Waals surface area contributed by atoms with Crippen molar-refractivity contribution in [2.75, 3.05) is 0 Å². The smallest absolute Gasteiger partial charge is 0.141 e. The van der Waals surface area contributed by atoms with Gasteiger partial charge in [-0.2, -0.15) is 0 Å². The zero-order valence-corrected chi connectivity index (χ0v) is 10.6. The van der Waals surface area contributed by atoms with E-state index in [2.05, 4.69) is 32.4 Å². The summed E-state index contributed by atoms with van der Waals surface area (Å²) in [5, 5.41) is 7.93. The van der Waals surface area contributed by atoms with Crippen LogP contribution in [0.25, 0.3) is 0 Å². The van der Waals surface area contributed by atoms with Gasteiger partial charge in [-0.25, -0.2) is 0 Å². The van der Waals surface area contributed by atoms with Gasteiger partial charge in [0.1, 0.15) is 5.49 Å². The van der Waals surface area contributed by atoms with E-state index in [0.29, 0.717) is 5.49 Å². The van der Waals surface area contributed by atoms with Crippen LogP contribution in [0.3, 0.4) is 0 Å². The number of unbranched alkanes of at least 4 members (excludes halogenated alkanes) is 1. The first-order valence-corrected chi connectivity index (χ1v) is 5.70. The average molecular weight is 209 g/mol. The summed E-state index contributed by atoms with van der Waals surface area (Å²) in [4.78, 5) is 0. The molecule has 0 saturated carbocycles. The van der Waals surface area contributed by atoms with Gasteiger partial charge in [0, 0.05) is 30.8 Å². The lowest BCUT2D eigenvalue weighted by molar-refractivity contribution is 0.426. The molecule has 0 unspecified atom stereocenters. The molecule has 0 aromatic carbocycles. The molecule has 0 saturated heterocycles. The molecule has 86 valence electrons. The second-order valence-electron chi connectivity index (χ2n) is 5.17. The maximum Gasteiger partial charge on any atom is 0.141 e. The second-order valence-corrected chi connectivity index (χ2v) is 5.17. The Morgan fingerprint density at radius 2 is 1.93 bits per heavy atom. The fraction of sp³-hybridized carbons (Fsp3) is 0.750. The molecule has 1 rings (SSSR count). The van der Waals surface area contributed by atoms with Crippen molar-refractivity contribution in [1.82, 2.24) is 9.36 Å². The van der Waals surface area contributed by atoms with Crippen LogP contribution in [-0.4, -0.2) is 9.36 Å². The lowest BCUT2D eigenvalue weighted by Gasteiger charge is -2.20. The van der Waals surface area contributed by atoms with Gasteiger partial charge in [-0.15, -0.1) is 0 Å². The van der Waals surface area contributed by atoms with Gasteiger partial charge in [0.05, 0.1) is 0 Å². The van der Waals surface area contributed by atoms with Gasteiger partial charge < -0.3 is 0 Å². The molecule has 0 amide bonds. The molecule has 3 nitrogen and oxygen atoms in total. The topological polar surface area (TPSA) is 33.7 Å². The van der Waals surface area contributed by atoms with E-state index in [0.717, 1.165) is 13.0 Å². The number of nitrogens with zero attached hydrogens (tertiary/aromatic N) is 2. The van der Waals surface area contributed by atoms with E-state index in [1.165, 1.54) is 12.1 Å². The molecule has 1 N–H and O–H groups in total. The van der Waals surface area contributed by atoms with Crippen LogP contribution in [0.4, 0.5) is 0 Å². The van der Waals surface area contributed by atoms with Gasteiger partial charge in [-0.05, 0) is 6.42 Å². The SMILES string of the molecule is CCCCn1c(=N)cc(C(C)(C)C)n1C. The number of hydrogen-bond acceptors (Lipinski definition) is 1. The van der Waals surface area contributed by atoms with E-state index in [4.69, 9.17) is 5.41 Å². The first-order valence-electron chi connectivity index (χ1n) is 5.70. The highest BCUT2D eigenvalue weighted by atomic mass is 15.4. The summed E-state index contributed by atoms with van der Waals surface area (Å²) >= 11 is 0. The summed E-state index contributed by atoms with van der Waals surface area (Å²) in [5.41, 5.74) is 1.96. The summed E-state index contributed by atoms with van der Waals surface area (Å²) < 4.78 is 4.17. The molecule has 0 aliphatic rings. The predicted octanol–water partition coefficient (Wildman–Crippen LogP) is 2.40. The molecular formula is C12H23N3. The van der Waals surface area contributed by atoms with Crippen molar-refractivity contribution in [3.63, 3.8) is 0 Å². The Bertz CT molecular complexity index is 377. The van der Waals surface area contributed by atoms with Gasteiger partial charge in [0.2, 0.25) is 0 Å². The third kappa shape index (κ3) is 2.52. The zero-order valence-electron chi connectivity index (χ0n) is 10.6. The molecule has 0 radical (unpaired) electrons. The quantitative estimate of drug-likeness (QED) is 0.793. The fourth-order valence-electron chi connectivity index (χ4n) is 1.87. The largest absolute Gasteiger partial charge is 0.291 e. The lowest BCUT2D eigenvalue weighted by atomic mass is 9.92. The maximum absolute atomic E-state index is 7.93. The van der Waals surface area contributed by atoms with Gasteiger partial charge in [0.15, 0.2) is 0 Å². The normalized spacial score (nSPS) is 12.1. The first-order chi connectivity index (χ1) is 6.88. The number of hydrogen-bond donors (Lipinski definition) is 1. The molecule has 0 atom stereocenters. The van der Waals surface area contributed by atoms with Crippen molar-refractivity contribution in [2.45, 2.75) is 52.5 Å². The Labute approximate surface area is 92.2 Å². The summed E-state index contributed by atoms with van der Waals surface area (Å²) in [5.74, 6) is 0. The molecule has 0 bridgehead atoms. The zero-order chi connectivity index (χ0) is 11.6. The monoisotopic (exact) mass is 209 g/mol. The van der Waals surface area contributed by atoms with E-state index in [9.17, 15) is 0 Å². The van der Waals surface area contributed by atoms with Crippen LogP contribution < -0.4 is 5.49 Å². The Morgan fingerprint density at radius 3 is 2.33 bits per heavy atom. The molecule has 0 fully saturated rings. The molecule has 1 aromatic heterocycles. The molecule has 0 spiro atoms. The average Bonchev–Trinajstić information content (AvgIpc) is 2.39. The van der Waals surface area contributed by atoms with Gasteiger partial charge >= 0.3 is 0 Å². The highest BCUT2D eigenvalue weighted by molar-refractivity contribution is 5.11. The molecule has 1 aromatic rings. The van der Waals surface area contributed by atoms with E-state index in [-0.39, 0.29) is 5.41 Å². The van der Waals surface area contributed by atoms with Crippen molar-refractivity contribution < 1.29 is 0 Å². The van der Waals surface area contributed by atoms with E-state index in [1.807, 2.05) is 17.8 Å².